The molecule has 0 aliphatic heterocycles. The summed E-state index contributed by atoms with van der Waals surface area (Å²) in [6, 6.07) is 7.01. The van der Waals surface area contributed by atoms with E-state index in [4.69, 9.17) is 0 Å². The highest BCUT2D eigenvalue weighted by Crippen LogP contribution is 2.24. The number of carbonyl (C=O) groups excluding carboxylic acids is 2. The molecule has 0 bridgehead atoms. The van der Waals surface area contributed by atoms with E-state index in [1.807, 2.05) is 45.5 Å². The van der Waals surface area contributed by atoms with Gasteiger partial charge in [0.25, 0.3) is 0 Å². The number of carbonyl (C=O) groups is 2. The fourth-order valence-corrected chi connectivity index (χ4v) is 2.86. The fraction of sp³-hybridized carbons (Fsp3) is 0.389. The van der Waals surface area contributed by atoms with Crippen molar-refractivity contribution >= 4 is 29.1 Å². The van der Waals surface area contributed by atoms with Crippen LogP contribution in [-0.4, -0.2) is 26.5 Å². The van der Waals surface area contributed by atoms with Crippen LogP contribution in [0.15, 0.2) is 41.8 Å². The van der Waals surface area contributed by atoms with Crippen molar-refractivity contribution in [1.29, 1.82) is 0 Å². The third kappa shape index (κ3) is 4.47. The van der Waals surface area contributed by atoms with Crippen LogP contribution < -0.4 is 5.32 Å². The van der Waals surface area contributed by atoms with Crippen molar-refractivity contribution in [3.63, 3.8) is 0 Å². The first-order valence-corrected chi connectivity index (χ1v) is 8.66. The molecule has 1 heterocycles. The summed E-state index contributed by atoms with van der Waals surface area (Å²) >= 11 is 1.43. The van der Waals surface area contributed by atoms with Crippen LogP contribution in [0.25, 0.3) is 0 Å². The second-order valence-electron chi connectivity index (χ2n) is 6.73. The summed E-state index contributed by atoms with van der Waals surface area (Å²) in [6.07, 6.45) is 3.57. The van der Waals surface area contributed by atoms with Gasteiger partial charge in [0.15, 0.2) is 10.9 Å². The highest BCUT2D eigenvalue weighted by Gasteiger charge is 2.22. The summed E-state index contributed by atoms with van der Waals surface area (Å²) in [6.45, 7) is 7.45. The van der Waals surface area contributed by atoms with Crippen molar-refractivity contribution in [2.75, 3.05) is 5.32 Å². The number of amides is 1. The predicted molar refractivity (Wildman–Crippen MR) is 97.4 cm³/mol. The van der Waals surface area contributed by atoms with Gasteiger partial charge in [-0.2, -0.15) is 0 Å². The maximum absolute atomic E-state index is 12.5. The van der Waals surface area contributed by atoms with Gasteiger partial charge >= 0.3 is 0 Å². The van der Waals surface area contributed by atoms with Gasteiger partial charge < -0.3 is 9.88 Å². The Labute approximate surface area is 146 Å². The van der Waals surface area contributed by atoms with Gasteiger partial charge in [0.2, 0.25) is 5.91 Å². The molecule has 0 fully saturated rings. The largest absolute Gasteiger partial charge is 0.329 e. The first-order chi connectivity index (χ1) is 11.2. The number of ketones is 1. The van der Waals surface area contributed by atoms with Gasteiger partial charge in [0.1, 0.15) is 0 Å². The molecule has 1 aromatic heterocycles. The molecule has 1 amide bonds. The van der Waals surface area contributed by atoms with E-state index in [-0.39, 0.29) is 16.9 Å². The lowest BCUT2D eigenvalue weighted by molar-refractivity contribution is -0.123. The first-order valence-electron chi connectivity index (χ1n) is 7.78. The number of imidazole rings is 1. The fourth-order valence-electron chi connectivity index (χ4n) is 1.95. The van der Waals surface area contributed by atoms with E-state index < -0.39 is 5.41 Å². The Balaban J connectivity index is 2.03. The number of hydrogen-bond acceptors (Lipinski definition) is 4. The molecule has 6 heteroatoms. The minimum absolute atomic E-state index is 0.0386. The number of anilines is 1. The van der Waals surface area contributed by atoms with Gasteiger partial charge in [0, 0.05) is 36.1 Å². The molecule has 0 radical (unpaired) electrons. The van der Waals surface area contributed by atoms with E-state index in [2.05, 4.69) is 10.3 Å². The Morgan fingerprint density at radius 1 is 1.21 bits per heavy atom. The molecule has 1 unspecified atom stereocenters. The summed E-state index contributed by atoms with van der Waals surface area (Å²) in [5.41, 5.74) is 0.857. The highest BCUT2D eigenvalue weighted by atomic mass is 32.2. The molecule has 1 N–H and O–H groups in total. The van der Waals surface area contributed by atoms with Crippen LogP contribution in [0.3, 0.4) is 0 Å². The number of thioether (sulfide) groups is 1. The normalized spacial score (nSPS) is 12.7. The van der Waals surface area contributed by atoms with Gasteiger partial charge in [-0.05, 0) is 31.2 Å². The van der Waals surface area contributed by atoms with Gasteiger partial charge in [-0.15, -0.1) is 0 Å². The molecule has 0 aliphatic carbocycles. The maximum atomic E-state index is 12.5. The molecule has 0 aliphatic rings. The SMILES string of the molecule is CC(Sc1nccn1C)C(=O)c1ccc(NC(=O)C(C)(C)C)cc1. The number of aromatic nitrogens is 2. The Morgan fingerprint density at radius 2 is 1.83 bits per heavy atom. The number of aryl methyl sites for hydroxylation is 1. The Kier molecular flexibility index (Phi) is 5.49. The van der Waals surface area contributed by atoms with E-state index in [0.717, 1.165) is 5.16 Å². The number of rotatable bonds is 5. The summed E-state index contributed by atoms with van der Waals surface area (Å²) in [4.78, 5) is 28.7. The van der Waals surface area contributed by atoms with Crippen LogP contribution in [0.4, 0.5) is 5.69 Å². The summed E-state index contributed by atoms with van der Waals surface area (Å²) in [5.74, 6) is -0.0167. The second-order valence-corrected chi connectivity index (χ2v) is 8.03. The lowest BCUT2D eigenvalue weighted by Crippen LogP contribution is -2.27. The maximum Gasteiger partial charge on any atom is 0.229 e. The standard InChI is InChI=1S/C18H23N3O2S/c1-12(24-17-19-10-11-21(17)5)15(22)13-6-8-14(9-7-13)20-16(23)18(2,3)4/h6-12H,1-5H3,(H,20,23). The topological polar surface area (TPSA) is 64.0 Å². The van der Waals surface area contributed by atoms with Gasteiger partial charge in [-0.25, -0.2) is 4.98 Å². The number of benzene rings is 1. The molecule has 1 atom stereocenters. The number of nitrogens with zero attached hydrogens (tertiary/aromatic N) is 2. The van der Waals surface area contributed by atoms with Crippen LogP contribution in [0.5, 0.6) is 0 Å². The number of nitrogens with one attached hydrogen (secondary N) is 1. The minimum atomic E-state index is -0.457. The zero-order chi connectivity index (χ0) is 17.9. The van der Waals surface area contributed by atoms with Crippen LogP contribution in [0.1, 0.15) is 38.1 Å². The van der Waals surface area contributed by atoms with Gasteiger partial charge in [-0.1, -0.05) is 32.5 Å². The van der Waals surface area contributed by atoms with E-state index in [1.165, 1.54) is 11.8 Å². The monoisotopic (exact) mass is 345 g/mol. The van der Waals surface area contributed by atoms with Crippen molar-refractivity contribution < 1.29 is 9.59 Å². The number of hydrogen-bond donors (Lipinski definition) is 1. The average molecular weight is 345 g/mol. The van der Waals surface area contributed by atoms with Crippen molar-refractivity contribution in [2.24, 2.45) is 12.5 Å². The van der Waals surface area contributed by atoms with Crippen LogP contribution >= 0.6 is 11.8 Å². The van der Waals surface area contributed by atoms with Crippen LogP contribution in [0, 0.1) is 5.41 Å². The molecule has 0 spiro atoms. The van der Waals surface area contributed by atoms with Crippen molar-refractivity contribution in [3.8, 4) is 0 Å². The summed E-state index contributed by atoms with van der Waals surface area (Å²) < 4.78 is 1.89. The minimum Gasteiger partial charge on any atom is -0.329 e. The Morgan fingerprint density at radius 3 is 2.33 bits per heavy atom. The lowest BCUT2D eigenvalue weighted by Gasteiger charge is -2.17. The molecule has 1 aromatic carbocycles. The van der Waals surface area contributed by atoms with Crippen molar-refractivity contribution in [1.82, 2.24) is 9.55 Å². The zero-order valence-corrected chi connectivity index (χ0v) is 15.5. The smallest absolute Gasteiger partial charge is 0.229 e. The summed E-state index contributed by atoms with van der Waals surface area (Å²) in [5, 5.41) is 3.43. The second kappa shape index (κ2) is 7.21. The molecular weight excluding hydrogens is 322 g/mol. The zero-order valence-electron chi connectivity index (χ0n) is 14.7. The lowest BCUT2D eigenvalue weighted by atomic mass is 9.95. The average Bonchev–Trinajstić information content (AvgIpc) is 2.91. The molecule has 2 rings (SSSR count). The third-order valence-corrected chi connectivity index (χ3v) is 4.71. The van der Waals surface area contributed by atoms with E-state index in [0.29, 0.717) is 11.3 Å². The van der Waals surface area contributed by atoms with Crippen molar-refractivity contribution in [2.45, 2.75) is 38.1 Å². The third-order valence-electron chi connectivity index (χ3n) is 3.54. The molecule has 0 saturated heterocycles. The molecule has 128 valence electrons. The Bertz CT molecular complexity index is 729. The van der Waals surface area contributed by atoms with Crippen LogP contribution in [0.2, 0.25) is 0 Å². The quantitative estimate of drug-likeness (QED) is 0.662. The van der Waals surface area contributed by atoms with E-state index >= 15 is 0 Å². The first kappa shape index (κ1) is 18.3. The molecule has 0 saturated carbocycles. The molecule has 5 nitrogen and oxygen atoms in total. The molecule has 24 heavy (non-hydrogen) atoms. The van der Waals surface area contributed by atoms with E-state index in [9.17, 15) is 9.59 Å². The predicted octanol–water partition coefficient (Wildman–Crippen LogP) is 3.77. The van der Waals surface area contributed by atoms with Crippen molar-refractivity contribution in [3.05, 3.63) is 42.2 Å². The highest BCUT2D eigenvalue weighted by molar-refractivity contribution is 8.00. The van der Waals surface area contributed by atoms with Gasteiger partial charge in [0.05, 0.1) is 5.25 Å². The molecular formula is C18H23N3O2S. The van der Waals surface area contributed by atoms with Crippen LogP contribution in [-0.2, 0) is 11.8 Å². The number of Topliss-reactive ketones (excluding diaryl/α,β-unsaturated/α-hetero) is 1. The Hall–Kier alpha value is -2.08. The molecule has 2 aromatic rings. The van der Waals surface area contributed by atoms with Gasteiger partial charge in [-0.3, -0.25) is 9.59 Å². The van der Waals surface area contributed by atoms with E-state index in [1.54, 1.807) is 30.5 Å². The summed E-state index contributed by atoms with van der Waals surface area (Å²) in [7, 11) is 1.90.